The lowest BCUT2D eigenvalue weighted by molar-refractivity contribution is -0.137. The van der Waals surface area contributed by atoms with Crippen LogP contribution < -0.4 is 11.1 Å². The third kappa shape index (κ3) is 4.81. The predicted molar refractivity (Wildman–Crippen MR) is 113 cm³/mol. The maximum atomic E-state index is 13.1. The molecule has 0 aliphatic heterocycles. The van der Waals surface area contributed by atoms with E-state index in [-0.39, 0.29) is 18.0 Å². The van der Waals surface area contributed by atoms with Gasteiger partial charge in [-0.2, -0.15) is 5.10 Å². The largest absolute Gasteiger partial charge is 0.363 e. The van der Waals surface area contributed by atoms with E-state index in [0.29, 0.717) is 0 Å². The molecule has 2 amide bonds. The van der Waals surface area contributed by atoms with Crippen LogP contribution in [0.3, 0.4) is 0 Å². The molecule has 0 unspecified atom stereocenters. The lowest BCUT2D eigenvalue weighted by Gasteiger charge is -2.17. The zero-order chi connectivity index (χ0) is 21.7. The number of carbonyl (C=O) groups excluding carboxylic acids is 3. The van der Waals surface area contributed by atoms with Crippen molar-refractivity contribution in [3.05, 3.63) is 83.7 Å². The summed E-state index contributed by atoms with van der Waals surface area (Å²) in [5.74, 6) is -2.33. The molecule has 0 aliphatic rings. The second-order valence-corrected chi connectivity index (χ2v) is 7.30. The first-order valence-electron chi connectivity index (χ1n) is 9.70. The van der Waals surface area contributed by atoms with Crippen molar-refractivity contribution < 1.29 is 14.4 Å². The summed E-state index contributed by atoms with van der Waals surface area (Å²) in [6.07, 6.45) is 0.158. The van der Waals surface area contributed by atoms with E-state index in [2.05, 4.69) is 10.4 Å². The topological polar surface area (TPSA) is 107 Å². The van der Waals surface area contributed by atoms with Crippen LogP contribution in [-0.2, 0) is 16.0 Å². The van der Waals surface area contributed by atoms with Gasteiger partial charge < -0.3 is 11.1 Å². The van der Waals surface area contributed by atoms with Crippen LogP contribution in [-0.4, -0.2) is 33.4 Å². The highest BCUT2D eigenvalue weighted by Crippen LogP contribution is 2.19. The number of nitrogens with zero attached hydrogens (tertiary/aromatic N) is 2. The van der Waals surface area contributed by atoms with Crippen molar-refractivity contribution in [3.8, 4) is 5.69 Å². The average molecular weight is 404 g/mol. The molecule has 0 saturated carbocycles. The Balaban J connectivity index is 1.93. The summed E-state index contributed by atoms with van der Waals surface area (Å²) in [5.41, 5.74) is 7.75. The molecular weight excluding hydrogens is 380 g/mol. The van der Waals surface area contributed by atoms with Gasteiger partial charge in [0.15, 0.2) is 0 Å². The van der Waals surface area contributed by atoms with Crippen molar-refractivity contribution in [1.82, 2.24) is 15.1 Å². The molecule has 0 bridgehead atoms. The highest BCUT2D eigenvalue weighted by Gasteiger charge is 2.28. The lowest BCUT2D eigenvalue weighted by atomic mass is 10.0. The molecule has 3 rings (SSSR count). The molecule has 1 aromatic heterocycles. The van der Waals surface area contributed by atoms with E-state index in [0.717, 1.165) is 16.9 Å². The first-order valence-corrected chi connectivity index (χ1v) is 9.70. The molecule has 0 radical (unpaired) electrons. The molecule has 1 atom stereocenters. The number of nitrogens with one attached hydrogen (secondary N) is 1. The Bertz CT molecular complexity index is 1040. The van der Waals surface area contributed by atoms with E-state index in [1.165, 1.54) is 0 Å². The first kappa shape index (κ1) is 21.0. The quantitative estimate of drug-likeness (QED) is 0.562. The molecule has 3 N–H and O–H groups in total. The number of carbonyl (C=O) groups is 3. The molecule has 7 heteroatoms. The van der Waals surface area contributed by atoms with Gasteiger partial charge in [-0.1, -0.05) is 62.4 Å². The highest BCUT2D eigenvalue weighted by molar-refractivity contribution is 6.38. The van der Waals surface area contributed by atoms with Crippen LogP contribution in [0.5, 0.6) is 0 Å². The summed E-state index contributed by atoms with van der Waals surface area (Å²) in [6.45, 7) is 3.96. The van der Waals surface area contributed by atoms with E-state index < -0.39 is 23.6 Å². The van der Waals surface area contributed by atoms with Crippen LogP contribution in [0.2, 0.25) is 0 Å². The molecule has 2 aromatic carbocycles. The van der Waals surface area contributed by atoms with Crippen LogP contribution in [0.4, 0.5) is 0 Å². The van der Waals surface area contributed by atoms with E-state index in [9.17, 15) is 14.4 Å². The van der Waals surface area contributed by atoms with Crippen LogP contribution in [0.25, 0.3) is 5.69 Å². The molecule has 0 saturated heterocycles. The first-order chi connectivity index (χ1) is 14.4. The number of Topliss-reactive ketones (excluding diaryl/α,β-unsaturated/α-hetero) is 1. The monoisotopic (exact) mass is 404 g/mol. The predicted octanol–water partition coefficient (Wildman–Crippen LogP) is 2.39. The van der Waals surface area contributed by atoms with Crippen LogP contribution in [0.15, 0.2) is 66.7 Å². The second kappa shape index (κ2) is 9.17. The number of aromatic nitrogens is 2. The van der Waals surface area contributed by atoms with E-state index >= 15 is 0 Å². The number of rotatable bonds is 8. The van der Waals surface area contributed by atoms with Crippen LogP contribution in [0, 0.1) is 0 Å². The number of ketones is 1. The molecule has 7 nitrogen and oxygen atoms in total. The Kier molecular flexibility index (Phi) is 6.41. The summed E-state index contributed by atoms with van der Waals surface area (Å²) in [7, 11) is 0. The third-order valence-electron chi connectivity index (χ3n) is 4.70. The van der Waals surface area contributed by atoms with Crippen molar-refractivity contribution in [1.29, 1.82) is 0 Å². The maximum Gasteiger partial charge on any atom is 0.287 e. The number of hydrogen-bond donors (Lipinski definition) is 2. The van der Waals surface area contributed by atoms with Gasteiger partial charge in [0.1, 0.15) is 11.7 Å². The number of hydrogen-bond acceptors (Lipinski definition) is 4. The van der Waals surface area contributed by atoms with Gasteiger partial charge in [0.05, 0.1) is 11.4 Å². The minimum Gasteiger partial charge on any atom is -0.363 e. The molecule has 0 spiro atoms. The zero-order valence-electron chi connectivity index (χ0n) is 16.9. The average Bonchev–Trinajstić information content (AvgIpc) is 3.20. The Morgan fingerprint density at radius 3 is 2.17 bits per heavy atom. The summed E-state index contributed by atoms with van der Waals surface area (Å²) in [5, 5.41) is 7.23. The van der Waals surface area contributed by atoms with E-state index in [4.69, 9.17) is 5.73 Å². The number of amides is 2. The lowest BCUT2D eigenvalue weighted by Crippen LogP contribution is -2.47. The van der Waals surface area contributed by atoms with Crippen LogP contribution in [0.1, 0.15) is 41.5 Å². The molecule has 0 fully saturated rings. The minimum atomic E-state index is -1.09. The van der Waals surface area contributed by atoms with Gasteiger partial charge in [0, 0.05) is 6.42 Å². The van der Waals surface area contributed by atoms with Gasteiger partial charge in [-0.05, 0) is 29.7 Å². The van der Waals surface area contributed by atoms with Crippen molar-refractivity contribution in [2.24, 2.45) is 5.73 Å². The number of primary amides is 1. The summed E-state index contributed by atoms with van der Waals surface area (Å²) < 4.78 is 1.54. The second-order valence-electron chi connectivity index (χ2n) is 7.30. The number of para-hydroxylation sites is 1. The van der Waals surface area contributed by atoms with Gasteiger partial charge in [0.2, 0.25) is 5.78 Å². The molecule has 1 heterocycles. The summed E-state index contributed by atoms with van der Waals surface area (Å²) in [4.78, 5) is 37.0. The Morgan fingerprint density at radius 2 is 1.60 bits per heavy atom. The van der Waals surface area contributed by atoms with Crippen LogP contribution >= 0.6 is 0 Å². The smallest absolute Gasteiger partial charge is 0.287 e. The number of benzene rings is 2. The fourth-order valence-electron chi connectivity index (χ4n) is 3.07. The highest BCUT2D eigenvalue weighted by atomic mass is 16.2. The van der Waals surface area contributed by atoms with Crippen molar-refractivity contribution in [2.45, 2.75) is 32.2 Å². The zero-order valence-corrected chi connectivity index (χ0v) is 16.9. The molecule has 3 aromatic rings. The third-order valence-corrected chi connectivity index (χ3v) is 4.70. The SMILES string of the molecule is CC(C)c1cc(C(=O)N[C@@H](Cc2ccccc2)C(=O)C(N)=O)n(-c2ccccc2)n1. The van der Waals surface area contributed by atoms with Gasteiger partial charge >= 0.3 is 0 Å². The normalized spacial score (nSPS) is 11.8. The maximum absolute atomic E-state index is 13.1. The molecule has 0 aliphatic carbocycles. The van der Waals surface area contributed by atoms with E-state index in [1.54, 1.807) is 10.7 Å². The summed E-state index contributed by atoms with van der Waals surface area (Å²) >= 11 is 0. The van der Waals surface area contributed by atoms with Gasteiger partial charge in [-0.15, -0.1) is 0 Å². The Labute approximate surface area is 174 Å². The van der Waals surface area contributed by atoms with E-state index in [1.807, 2.05) is 74.5 Å². The van der Waals surface area contributed by atoms with Gasteiger partial charge in [-0.25, -0.2) is 4.68 Å². The molecule has 30 heavy (non-hydrogen) atoms. The standard InChI is InChI=1S/C23H24N4O3/c1-15(2)18-14-20(27(26-18)17-11-7-4-8-12-17)23(30)25-19(21(28)22(24)29)13-16-9-5-3-6-10-16/h3-12,14-15,19H,13H2,1-2H3,(H2,24,29)(H,25,30)/t19-/m0/s1. The van der Waals surface area contributed by atoms with Crippen molar-refractivity contribution >= 4 is 17.6 Å². The minimum absolute atomic E-state index is 0.105. The molecule has 154 valence electrons. The van der Waals surface area contributed by atoms with Crippen molar-refractivity contribution in [3.63, 3.8) is 0 Å². The van der Waals surface area contributed by atoms with Crippen molar-refractivity contribution in [2.75, 3.05) is 0 Å². The van der Waals surface area contributed by atoms with Gasteiger partial charge in [0.25, 0.3) is 11.8 Å². The Morgan fingerprint density at radius 1 is 1.00 bits per heavy atom. The Hall–Kier alpha value is -3.74. The number of nitrogens with two attached hydrogens (primary N) is 1. The fourth-order valence-corrected chi connectivity index (χ4v) is 3.07. The fraction of sp³-hybridized carbons (Fsp3) is 0.217. The summed E-state index contributed by atoms with van der Waals surface area (Å²) in [6, 6.07) is 19.0. The van der Waals surface area contributed by atoms with Gasteiger partial charge in [-0.3, -0.25) is 14.4 Å². The molecular formula is C23H24N4O3.